The minimum absolute atomic E-state index is 0.000586. The second-order valence-corrected chi connectivity index (χ2v) is 7.89. The Morgan fingerprint density at radius 1 is 0.966 bits per heavy atom. The number of hydrogen-bond acceptors (Lipinski definition) is 4. The van der Waals surface area contributed by atoms with Crippen LogP contribution in [0.25, 0.3) is 33.2 Å². The first-order valence-corrected chi connectivity index (χ1v) is 10.7. The van der Waals surface area contributed by atoms with Crippen LogP contribution < -0.4 is 5.56 Å². The van der Waals surface area contributed by atoms with Crippen LogP contribution in [-0.4, -0.2) is 24.1 Å². The van der Waals surface area contributed by atoms with Crippen molar-refractivity contribution in [2.45, 2.75) is 72.4 Å². The summed E-state index contributed by atoms with van der Waals surface area (Å²) in [6.07, 6.45) is 5.40. The summed E-state index contributed by atoms with van der Waals surface area (Å²) >= 11 is 0. The second kappa shape index (κ2) is 7.93. The van der Waals surface area contributed by atoms with E-state index in [0.717, 1.165) is 41.8 Å². The normalized spacial score (nSPS) is 13.0. The number of benzene rings is 1. The maximum absolute atomic E-state index is 13.5. The molecule has 0 N–H and O–H groups in total. The Bertz CT molecular complexity index is 1240. The monoisotopic (exact) mass is 391 g/mol. The minimum Gasteiger partial charge on any atom is -0.306 e. The number of hydrogen-bond donors (Lipinski definition) is 0. The van der Waals surface area contributed by atoms with Crippen LogP contribution in [0.15, 0.2) is 29.1 Å². The summed E-state index contributed by atoms with van der Waals surface area (Å²) in [7, 11) is 0. The molecular weight excluding hydrogens is 362 g/mol. The van der Waals surface area contributed by atoms with Gasteiger partial charge in [-0.25, -0.2) is 15.0 Å². The highest BCUT2D eigenvalue weighted by molar-refractivity contribution is 6.04. The first-order chi connectivity index (χ1) is 14.1. The molecule has 0 aliphatic heterocycles. The van der Waals surface area contributed by atoms with Crippen molar-refractivity contribution in [2.75, 3.05) is 0 Å². The van der Waals surface area contributed by atoms with E-state index >= 15 is 0 Å². The maximum atomic E-state index is 13.5. The standard InChI is InChI=1S/C23H29N5O/c1-5-7-8-11-14-27-16(4)24-21-19(23(27)29)20-22(28(21)15(3)6-2)26-18-13-10-9-12-17(18)25-20/h9-10,12-13,15H,5-8,11,14H2,1-4H3. The number of unbranched alkanes of at least 4 members (excludes halogenated alkanes) is 3. The Balaban J connectivity index is 2.02. The van der Waals surface area contributed by atoms with Gasteiger partial charge in [0.2, 0.25) is 0 Å². The van der Waals surface area contributed by atoms with Gasteiger partial charge in [-0.15, -0.1) is 0 Å². The number of para-hydroxylation sites is 2. The van der Waals surface area contributed by atoms with Gasteiger partial charge in [-0.05, 0) is 38.8 Å². The van der Waals surface area contributed by atoms with Crippen molar-refractivity contribution >= 4 is 33.2 Å². The number of aromatic nitrogens is 5. The highest BCUT2D eigenvalue weighted by atomic mass is 16.1. The van der Waals surface area contributed by atoms with Crippen molar-refractivity contribution in [1.29, 1.82) is 0 Å². The van der Waals surface area contributed by atoms with Crippen molar-refractivity contribution < 1.29 is 0 Å². The van der Waals surface area contributed by atoms with E-state index in [9.17, 15) is 4.79 Å². The van der Waals surface area contributed by atoms with Gasteiger partial charge in [0.1, 0.15) is 16.7 Å². The van der Waals surface area contributed by atoms with E-state index in [1.165, 1.54) is 12.8 Å². The van der Waals surface area contributed by atoms with Crippen molar-refractivity contribution in [2.24, 2.45) is 0 Å². The van der Waals surface area contributed by atoms with E-state index in [4.69, 9.17) is 15.0 Å². The quantitative estimate of drug-likeness (QED) is 0.408. The fourth-order valence-electron chi connectivity index (χ4n) is 4.02. The Hall–Kier alpha value is -2.76. The number of aryl methyl sites for hydroxylation is 1. The van der Waals surface area contributed by atoms with Crippen LogP contribution in [-0.2, 0) is 6.54 Å². The molecule has 1 atom stereocenters. The van der Waals surface area contributed by atoms with Crippen LogP contribution in [0.1, 0.15) is 64.7 Å². The molecule has 6 nitrogen and oxygen atoms in total. The van der Waals surface area contributed by atoms with Gasteiger partial charge < -0.3 is 4.57 Å². The molecule has 0 fully saturated rings. The average Bonchev–Trinajstić information content (AvgIpc) is 3.03. The summed E-state index contributed by atoms with van der Waals surface area (Å²) in [5.41, 5.74) is 3.76. The van der Waals surface area contributed by atoms with Crippen LogP contribution in [0, 0.1) is 6.92 Å². The van der Waals surface area contributed by atoms with Gasteiger partial charge in [-0.3, -0.25) is 9.36 Å². The molecule has 4 aromatic rings. The largest absolute Gasteiger partial charge is 0.306 e. The average molecular weight is 392 g/mol. The van der Waals surface area contributed by atoms with Crippen LogP contribution in [0.5, 0.6) is 0 Å². The second-order valence-electron chi connectivity index (χ2n) is 7.89. The molecule has 152 valence electrons. The predicted molar refractivity (Wildman–Crippen MR) is 118 cm³/mol. The predicted octanol–water partition coefficient (Wildman–Crippen LogP) is 5.15. The van der Waals surface area contributed by atoms with E-state index in [0.29, 0.717) is 23.1 Å². The summed E-state index contributed by atoms with van der Waals surface area (Å²) in [4.78, 5) is 28.1. The molecule has 0 amide bonds. The zero-order valence-electron chi connectivity index (χ0n) is 17.8. The van der Waals surface area contributed by atoms with Gasteiger partial charge in [-0.1, -0.05) is 45.2 Å². The van der Waals surface area contributed by atoms with Gasteiger partial charge in [0.25, 0.3) is 5.56 Å². The highest BCUT2D eigenvalue weighted by Gasteiger charge is 2.23. The Kier molecular flexibility index (Phi) is 5.35. The number of fused-ring (bicyclic) bond motifs is 4. The summed E-state index contributed by atoms with van der Waals surface area (Å²) in [6, 6.07) is 8.00. The molecule has 29 heavy (non-hydrogen) atoms. The summed E-state index contributed by atoms with van der Waals surface area (Å²) in [5, 5.41) is 0.597. The molecule has 0 aliphatic rings. The maximum Gasteiger partial charge on any atom is 0.265 e. The summed E-state index contributed by atoms with van der Waals surface area (Å²) < 4.78 is 3.91. The molecule has 3 heterocycles. The van der Waals surface area contributed by atoms with E-state index in [1.807, 2.05) is 35.8 Å². The van der Waals surface area contributed by atoms with Crippen LogP contribution in [0.4, 0.5) is 0 Å². The third-order valence-corrected chi connectivity index (χ3v) is 5.85. The van der Waals surface area contributed by atoms with Crippen molar-refractivity contribution in [3.8, 4) is 0 Å². The van der Waals surface area contributed by atoms with Gasteiger partial charge in [-0.2, -0.15) is 0 Å². The lowest BCUT2D eigenvalue weighted by atomic mass is 10.2. The highest BCUT2D eigenvalue weighted by Crippen LogP contribution is 2.29. The van der Waals surface area contributed by atoms with E-state index < -0.39 is 0 Å². The first-order valence-electron chi connectivity index (χ1n) is 10.7. The third-order valence-electron chi connectivity index (χ3n) is 5.85. The molecule has 0 radical (unpaired) electrons. The fourth-order valence-corrected chi connectivity index (χ4v) is 4.02. The Morgan fingerprint density at radius 3 is 2.38 bits per heavy atom. The van der Waals surface area contributed by atoms with Crippen molar-refractivity contribution in [3.63, 3.8) is 0 Å². The molecular formula is C23H29N5O. The lowest BCUT2D eigenvalue weighted by Gasteiger charge is -2.14. The Labute approximate surface area is 170 Å². The number of rotatable bonds is 7. The molecule has 1 unspecified atom stereocenters. The summed E-state index contributed by atoms with van der Waals surface area (Å²) in [5.74, 6) is 0.760. The smallest absolute Gasteiger partial charge is 0.265 e. The molecule has 6 heteroatoms. The van der Waals surface area contributed by atoms with Crippen LogP contribution >= 0.6 is 0 Å². The van der Waals surface area contributed by atoms with Crippen LogP contribution in [0.2, 0.25) is 0 Å². The van der Waals surface area contributed by atoms with Crippen LogP contribution in [0.3, 0.4) is 0 Å². The lowest BCUT2D eigenvalue weighted by molar-refractivity contribution is 0.543. The first kappa shape index (κ1) is 19.6. The molecule has 0 spiro atoms. The molecule has 1 aromatic carbocycles. The molecule has 0 bridgehead atoms. The van der Waals surface area contributed by atoms with Gasteiger partial charge in [0, 0.05) is 12.6 Å². The van der Waals surface area contributed by atoms with Crippen molar-refractivity contribution in [3.05, 3.63) is 40.4 Å². The molecule has 0 saturated carbocycles. The van der Waals surface area contributed by atoms with Gasteiger partial charge in [0.15, 0.2) is 11.3 Å². The lowest BCUT2D eigenvalue weighted by Crippen LogP contribution is -2.24. The molecule has 0 saturated heterocycles. The minimum atomic E-state index is 0.000586. The van der Waals surface area contributed by atoms with Crippen molar-refractivity contribution in [1.82, 2.24) is 24.1 Å². The van der Waals surface area contributed by atoms with E-state index in [-0.39, 0.29) is 11.6 Å². The fraction of sp³-hybridized carbons (Fsp3) is 0.478. The zero-order chi connectivity index (χ0) is 20.5. The topological polar surface area (TPSA) is 65.6 Å². The molecule has 0 aliphatic carbocycles. The number of nitrogens with zero attached hydrogens (tertiary/aromatic N) is 5. The molecule has 4 rings (SSSR count). The van der Waals surface area contributed by atoms with Gasteiger partial charge >= 0.3 is 0 Å². The summed E-state index contributed by atoms with van der Waals surface area (Å²) in [6.45, 7) is 9.10. The van der Waals surface area contributed by atoms with E-state index in [1.54, 1.807) is 0 Å². The molecule has 3 aromatic heterocycles. The van der Waals surface area contributed by atoms with E-state index in [2.05, 4.69) is 25.3 Å². The SMILES string of the molecule is CCCCCCn1c(C)nc2c(c1=O)c1nc3ccccc3nc1n2C(C)CC. The Morgan fingerprint density at radius 2 is 1.69 bits per heavy atom. The third kappa shape index (κ3) is 3.30. The van der Waals surface area contributed by atoms with Gasteiger partial charge in [0.05, 0.1) is 11.0 Å². The zero-order valence-corrected chi connectivity index (χ0v) is 17.8.